The second-order valence-electron chi connectivity index (χ2n) is 6.22. The lowest BCUT2D eigenvalue weighted by atomic mass is 10.1. The summed E-state index contributed by atoms with van der Waals surface area (Å²) in [6.07, 6.45) is 0. The van der Waals surface area contributed by atoms with Crippen LogP contribution < -0.4 is 15.0 Å². The molecule has 120 valence electrons. The van der Waals surface area contributed by atoms with Gasteiger partial charge in [0.15, 0.2) is 11.5 Å². The van der Waals surface area contributed by atoms with Crippen LogP contribution in [0.5, 0.6) is 11.5 Å². The second kappa shape index (κ2) is 6.32. The fourth-order valence-corrected chi connectivity index (χ4v) is 2.60. The minimum absolute atomic E-state index is 0.193. The maximum atomic E-state index is 6.04. The van der Waals surface area contributed by atoms with Crippen LogP contribution in [0.15, 0.2) is 53.5 Å². The van der Waals surface area contributed by atoms with Crippen molar-refractivity contribution >= 4 is 17.3 Å². The SMILES string of the molecule is CC(C)N=C(NC(C)C)N1c2ccccc2Oc2ccccc21. The zero-order valence-corrected chi connectivity index (χ0v) is 14.1. The van der Waals surface area contributed by atoms with Crippen LogP contribution in [0.25, 0.3) is 0 Å². The molecule has 0 bridgehead atoms. The van der Waals surface area contributed by atoms with Crippen LogP contribution in [-0.2, 0) is 0 Å². The van der Waals surface area contributed by atoms with Gasteiger partial charge in [0.25, 0.3) is 0 Å². The topological polar surface area (TPSA) is 36.9 Å². The number of nitrogens with one attached hydrogen (secondary N) is 1. The van der Waals surface area contributed by atoms with E-state index in [1.54, 1.807) is 0 Å². The lowest BCUT2D eigenvalue weighted by Gasteiger charge is -2.34. The van der Waals surface area contributed by atoms with Crippen LogP contribution in [-0.4, -0.2) is 18.0 Å². The van der Waals surface area contributed by atoms with Crippen molar-refractivity contribution in [1.82, 2.24) is 5.32 Å². The Morgan fingerprint density at radius 3 is 1.91 bits per heavy atom. The van der Waals surface area contributed by atoms with Gasteiger partial charge in [-0.15, -0.1) is 0 Å². The number of hydrogen-bond donors (Lipinski definition) is 1. The van der Waals surface area contributed by atoms with Crippen molar-refractivity contribution in [2.45, 2.75) is 39.8 Å². The summed E-state index contributed by atoms with van der Waals surface area (Å²) >= 11 is 0. The van der Waals surface area contributed by atoms with Gasteiger partial charge in [-0.25, -0.2) is 4.99 Å². The van der Waals surface area contributed by atoms with Crippen LogP contribution >= 0.6 is 0 Å². The molecule has 0 spiro atoms. The fraction of sp³-hybridized carbons (Fsp3) is 0.316. The van der Waals surface area contributed by atoms with Gasteiger partial charge < -0.3 is 10.1 Å². The first-order valence-electron chi connectivity index (χ1n) is 8.06. The molecule has 0 atom stereocenters. The van der Waals surface area contributed by atoms with E-state index in [9.17, 15) is 0 Å². The van der Waals surface area contributed by atoms with E-state index in [1.807, 2.05) is 36.4 Å². The molecule has 0 aliphatic carbocycles. The fourth-order valence-electron chi connectivity index (χ4n) is 2.60. The summed E-state index contributed by atoms with van der Waals surface area (Å²) in [4.78, 5) is 6.96. The molecule has 2 aromatic carbocycles. The van der Waals surface area contributed by atoms with E-state index in [-0.39, 0.29) is 12.1 Å². The van der Waals surface area contributed by atoms with Crippen molar-refractivity contribution in [2.24, 2.45) is 4.99 Å². The van der Waals surface area contributed by atoms with Gasteiger partial charge in [-0.2, -0.15) is 0 Å². The number of hydrogen-bond acceptors (Lipinski definition) is 2. The van der Waals surface area contributed by atoms with E-state index >= 15 is 0 Å². The van der Waals surface area contributed by atoms with Gasteiger partial charge in [-0.3, -0.25) is 4.90 Å². The number of anilines is 2. The van der Waals surface area contributed by atoms with Crippen LogP contribution in [0.4, 0.5) is 11.4 Å². The molecule has 0 radical (unpaired) electrons. The molecule has 4 heteroatoms. The third-order valence-electron chi connectivity index (χ3n) is 3.44. The minimum atomic E-state index is 0.193. The molecule has 1 N–H and O–H groups in total. The standard InChI is InChI=1S/C19H23N3O/c1-13(2)20-19(21-14(3)4)22-15-9-5-7-11-17(15)23-18-12-8-6-10-16(18)22/h5-14H,1-4H3,(H,20,21). The molecule has 0 amide bonds. The summed E-state index contributed by atoms with van der Waals surface area (Å²) in [5, 5.41) is 3.48. The van der Waals surface area contributed by atoms with E-state index in [0.717, 1.165) is 28.8 Å². The van der Waals surface area contributed by atoms with E-state index in [0.29, 0.717) is 0 Å². The van der Waals surface area contributed by atoms with Gasteiger partial charge in [0.2, 0.25) is 5.96 Å². The number of aliphatic imine (C=N–C) groups is 1. The number of ether oxygens (including phenoxy) is 1. The number of nitrogens with zero attached hydrogens (tertiary/aromatic N) is 2. The molecule has 0 fully saturated rings. The van der Waals surface area contributed by atoms with Crippen LogP contribution in [0.2, 0.25) is 0 Å². The average molecular weight is 309 g/mol. The summed E-state index contributed by atoms with van der Waals surface area (Å²) in [5.41, 5.74) is 2.00. The molecular weight excluding hydrogens is 286 g/mol. The Morgan fingerprint density at radius 2 is 1.43 bits per heavy atom. The lowest BCUT2D eigenvalue weighted by Crippen LogP contribution is -2.43. The Balaban J connectivity index is 2.16. The number of fused-ring (bicyclic) bond motifs is 2. The van der Waals surface area contributed by atoms with Gasteiger partial charge in [0.05, 0.1) is 11.4 Å². The molecule has 1 aliphatic rings. The van der Waals surface area contributed by atoms with E-state index in [4.69, 9.17) is 9.73 Å². The summed E-state index contributed by atoms with van der Waals surface area (Å²) in [6.45, 7) is 8.41. The summed E-state index contributed by atoms with van der Waals surface area (Å²) in [5.74, 6) is 2.53. The van der Waals surface area contributed by atoms with Crippen molar-refractivity contribution in [3.05, 3.63) is 48.5 Å². The number of guanidine groups is 1. The largest absolute Gasteiger partial charge is 0.453 e. The molecular formula is C19H23N3O. The van der Waals surface area contributed by atoms with Gasteiger partial charge in [-0.05, 0) is 52.0 Å². The zero-order valence-electron chi connectivity index (χ0n) is 14.1. The van der Waals surface area contributed by atoms with Gasteiger partial charge >= 0.3 is 0 Å². The molecule has 0 unspecified atom stereocenters. The van der Waals surface area contributed by atoms with Crippen molar-refractivity contribution in [1.29, 1.82) is 0 Å². The predicted octanol–water partition coefficient (Wildman–Crippen LogP) is 4.69. The first-order chi connectivity index (χ1) is 11.1. The molecule has 2 aromatic rings. The highest BCUT2D eigenvalue weighted by molar-refractivity contribution is 6.06. The highest BCUT2D eigenvalue weighted by Crippen LogP contribution is 2.46. The minimum Gasteiger partial charge on any atom is -0.453 e. The molecule has 0 aromatic heterocycles. The quantitative estimate of drug-likeness (QED) is 0.645. The Hall–Kier alpha value is -2.49. The van der Waals surface area contributed by atoms with Gasteiger partial charge in [-0.1, -0.05) is 24.3 Å². The third-order valence-corrected chi connectivity index (χ3v) is 3.44. The normalized spacial score (nSPS) is 13.7. The molecule has 23 heavy (non-hydrogen) atoms. The van der Waals surface area contributed by atoms with E-state index < -0.39 is 0 Å². The maximum absolute atomic E-state index is 6.04. The first kappa shape index (κ1) is 15.4. The van der Waals surface area contributed by atoms with Crippen LogP contribution in [0.3, 0.4) is 0 Å². The Labute approximate surface area is 137 Å². The summed E-state index contributed by atoms with van der Waals surface area (Å²) < 4.78 is 6.04. The Morgan fingerprint density at radius 1 is 0.913 bits per heavy atom. The van der Waals surface area contributed by atoms with Crippen molar-refractivity contribution < 1.29 is 4.74 Å². The van der Waals surface area contributed by atoms with Crippen LogP contribution in [0.1, 0.15) is 27.7 Å². The monoisotopic (exact) mass is 309 g/mol. The Kier molecular flexibility index (Phi) is 4.24. The van der Waals surface area contributed by atoms with Crippen molar-refractivity contribution in [3.63, 3.8) is 0 Å². The van der Waals surface area contributed by atoms with Crippen LogP contribution in [0, 0.1) is 0 Å². The number of rotatable bonds is 2. The van der Waals surface area contributed by atoms with E-state index in [2.05, 4.69) is 50.0 Å². The smallest absolute Gasteiger partial charge is 0.203 e. The zero-order chi connectivity index (χ0) is 16.4. The molecule has 3 rings (SSSR count). The molecule has 1 heterocycles. The number of benzene rings is 2. The first-order valence-corrected chi connectivity index (χ1v) is 8.06. The second-order valence-corrected chi connectivity index (χ2v) is 6.22. The highest BCUT2D eigenvalue weighted by Gasteiger charge is 2.28. The molecule has 0 saturated carbocycles. The number of para-hydroxylation sites is 4. The molecule has 0 saturated heterocycles. The van der Waals surface area contributed by atoms with Gasteiger partial charge in [0.1, 0.15) is 0 Å². The van der Waals surface area contributed by atoms with Gasteiger partial charge in [0, 0.05) is 12.1 Å². The molecule has 1 aliphatic heterocycles. The van der Waals surface area contributed by atoms with Crippen molar-refractivity contribution in [2.75, 3.05) is 4.90 Å². The lowest BCUT2D eigenvalue weighted by molar-refractivity contribution is 0.477. The van der Waals surface area contributed by atoms with Crippen molar-refractivity contribution in [3.8, 4) is 11.5 Å². The average Bonchev–Trinajstić information content (AvgIpc) is 2.51. The van der Waals surface area contributed by atoms with E-state index in [1.165, 1.54) is 0 Å². The summed E-state index contributed by atoms with van der Waals surface area (Å²) in [7, 11) is 0. The predicted molar refractivity (Wildman–Crippen MR) is 95.9 cm³/mol. The maximum Gasteiger partial charge on any atom is 0.203 e. The molecule has 4 nitrogen and oxygen atoms in total. The third kappa shape index (κ3) is 3.16. The summed E-state index contributed by atoms with van der Waals surface area (Å²) in [6, 6.07) is 16.6. The highest BCUT2D eigenvalue weighted by atomic mass is 16.5. The Bertz CT molecular complexity index is 677.